The molecule has 1 atom stereocenters. The van der Waals surface area contributed by atoms with Crippen molar-refractivity contribution in [3.8, 4) is 6.07 Å². The Morgan fingerprint density at radius 2 is 2.21 bits per heavy atom. The predicted molar refractivity (Wildman–Crippen MR) is 53.6 cm³/mol. The molecular weight excluding hydrogens is 202 g/mol. The third-order valence-electron chi connectivity index (χ3n) is 2.55. The molecule has 0 radical (unpaired) electrons. The van der Waals surface area contributed by atoms with Gasteiger partial charge in [0.05, 0.1) is 6.07 Å². The van der Waals surface area contributed by atoms with Gasteiger partial charge in [-0.2, -0.15) is 5.26 Å². The van der Waals surface area contributed by atoms with E-state index in [4.69, 9.17) is 22.6 Å². The molecule has 0 aromatic carbocycles. The van der Waals surface area contributed by atoms with Gasteiger partial charge in [0.2, 0.25) is 5.91 Å². The van der Waals surface area contributed by atoms with Crippen LogP contribution in [-0.4, -0.2) is 35.8 Å². The summed E-state index contributed by atoms with van der Waals surface area (Å²) in [6, 6.07) is 1.98. The Kier molecular flexibility index (Phi) is 4.18. The Balaban J connectivity index is 2.29. The molecule has 14 heavy (non-hydrogen) atoms. The first-order valence-electron chi connectivity index (χ1n) is 4.69. The van der Waals surface area contributed by atoms with Gasteiger partial charge in [-0.3, -0.25) is 4.79 Å². The zero-order valence-corrected chi connectivity index (χ0v) is 8.70. The Morgan fingerprint density at radius 1 is 1.64 bits per heavy atom. The monoisotopic (exact) mass is 215 g/mol. The molecule has 0 aliphatic carbocycles. The number of piperidine rings is 1. The van der Waals surface area contributed by atoms with E-state index in [2.05, 4.69) is 4.90 Å². The summed E-state index contributed by atoms with van der Waals surface area (Å²) in [5.41, 5.74) is 5.20. The van der Waals surface area contributed by atoms with E-state index in [1.807, 2.05) is 6.07 Å². The highest BCUT2D eigenvalue weighted by Crippen LogP contribution is 2.17. The summed E-state index contributed by atoms with van der Waals surface area (Å²) < 4.78 is 0. The summed E-state index contributed by atoms with van der Waals surface area (Å²) in [4.78, 5) is 13.0. The molecule has 1 saturated heterocycles. The number of nitrogens with two attached hydrogens (primary N) is 1. The Labute approximate surface area is 88.6 Å². The largest absolute Gasteiger partial charge is 0.369 e. The lowest BCUT2D eigenvalue weighted by molar-refractivity contribution is -0.123. The molecule has 0 bridgehead atoms. The van der Waals surface area contributed by atoms with Crippen molar-refractivity contribution in [2.45, 2.75) is 18.2 Å². The predicted octanol–water partition coefficient (Wildman–Crippen LogP) is 0.315. The molecule has 2 N–H and O–H groups in total. The summed E-state index contributed by atoms with van der Waals surface area (Å²) in [7, 11) is 0. The SMILES string of the molecule is N#CC(Cl)CN1CCC(C(N)=O)CC1. The molecule has 5 heteroatoms. The molecular formula is C9H14ClN3O. The van der Waals surface area contributed by atoms with E-state index in [0.717, 1.165) is 25.9 Å². The molecule has 1 heterocycles. The highest BCUT2D eigenvalue weighted by atomic mass is 35.5. The van der Waals surface area contributed by atoms with Gasteiger partial charge in [0.25, 0.3) is 0 Å². The fourth-order valence-corrected chi connectivity index (χ4v) is 1.86. The van der Waals surface area contributed by atoms with Gasteiger partial charge in [-0.15, -0.1) is 11.6 Å². The standard InChI is InChI=1S/C9H14ClN3O/c10-8(5-11)6-13-3-1-7(2-4-13)9(12)14/h7-8H,1-4,6H2,(H2,12,14). The second-order valence-electron chi connectivity index (χ2n) is 3.57. The zero-order valence-electron chi connectivity index (χ0n) is 7.95. The second kappa shape index (κ2) is 5.18. The number of alkyl halides is 1. The van der Waals surface area contributed by atoms with E-state index >= 15 is 0 Å². The van der Waals surface area contributed by atoms with Gasteiger partial charge in [0.1, 0.15) is 5.38 Å². The lowest BCUT2D eigenvalue weighted by atomic mass is 9.96. The molecule has 1 aliphatic rings. The average molecular weight is 216 g/mol. The third kappa shape index (κ3) is 3.17. The zero-order chi connectivity index (χ0) is 10.6. The van der Waals surface area contributed by atoms with E-state index in [1.54, 1.807) is 0 Å². The van der Waals surface area contributed by atoms with Gasteiger partial charge in [-0.1, -0.05) is 0 Å². The minimum Gasteiger partial charge on any atom is -0.369 e. The second-order valence-corrected chi connectivity index (χ2v) is 4.10. The van der Waals surface area contributed by atoms with Crippen molar-refractivity contribution in [1.82, 2.24) is 4.90 Å². The minimum absolute atomic E-state index is 0.00195. The van der Waals surface area contributed by atoms with E-state index in [0.29, 0.717) is 6.54 Å². The van der Waals surface area contributed by atoms with Gasteiger partial charge in [0.15, 0.2) is 0 Å². The van der Waals surface area contributed by atoms with Crippen molar-refractivity contribution in [3.05, 3.63) is 0 Å². The van der Waals surface area contributed by atoms with Gasteiger partial charge in [-0.25, -0.2) is 0 Å². The Morgan fingerprint density at radius 3 is 2.64 bits per heavy atom. The van der Waals surface area contributed by atoms with Gasteiger partial charge in [0, 0.05) is 12.5 Å². The molecule has 78 valence electrons. The molecule has 1 aliphatic heterocycles. The Bertz CT molecular complexity index is 243. The number of hydrogen-bond donors (Lipinski definition) is 1. The summed E-state index contributed by atoms with van der Waals surface area (Å²) in [5.74, 6) is -0.213. The maximum atomic E-state index is 10.9. The van der Waals surface area contributed by atoms with E-state index in [9.17, 15) is 4.79 Å². The van der Waals surface area contributed by atoms with Crippen molar-refractivity contribution >= 4 is 17.5 Å². The van der Waals surface area contributed by atoms with Crippen molar-refractivity contribution in [2.75, 3.05) is 19.6 Å². The van der Waals surface area contributed by atoms with Crippen molar-refractivity contribution < 1.29 is 4.79 Å². The number of amides is 1. The lowest BCUT2D eigenvalue weighted by Crippen LogP contribution is -2.40. The lowest BCUT2D eigenvalue weighted by Gasteiger charge is -2.30. The molecule has 1 amide bonds. The number of nitrogens with zero attached hydrogens (tertiary/aromatic N) is 2. The minimum atomic E-state index is -0.458. The highest BCUT2D eigenvalue weighted by Gasteiger charge is 2.23. The maximum Gasteiger partial charge on any atom is 0.220 e. The number of nitriles is 1. The molecule has 0 saturated carbocycles. The van der Waals surface area contributed by atoms with E-state index in [-0.39, 0.29) is 11.8 Å². The first-order chi connectivity index (χ1) is 6.63. The van der Waals surface area contributed by atoms with Crippen LogP contribution in [-0.2, 0) is 4.79 Å². The third-order valence-corrected chi connectivity index (χ3v) is 2.78. The van der Waals surface area contributed by atoms with Crippen LogP contribution in [0.4, 0.5) is 0 Å². The molecule has 1 fully saturated rings. The van der Waals surface area contributed by atoms with Gasteiger partial charge in [-0.05, 0) is 25.9 Å². The normalized spacial score (nSPS) is 21.4. The summed E-state index contributed by atoms with van der Waals surface area (Å²) in [6.07, 6.45) is 1.56. The van der Waals surface area contributed by atoms with Crippen LogP contribution >= 0.6 is 11.6 Å². The molecule has 4 nitrogen and oxygen atoms in total. The van der Waals surface area contributed by atoms with Crippen molar-refractivity contribution in [3.63, 3.8) is 0 Å². The van der Waals surface area contributed by atoms with Crippen LogP contribution in [0.25, 0.3) is 0 Å². The van der Waals surface area contributed by atoms with Crippen LogP contribution in [0.1, 0.15) is 12.8 Å². The topological polar surface area (TPSA) is 70.1 Å². The first-order valence-corrected chi connectivity index (χ1v) is 5.12. The molecule has 1 rings (SSSR count). The quantitative estimate of drug-likeness (QED) is 0.690. The van der Waals surface area contributed by atoms with Gasteiger partial charge >= 0.3 is 0 Å². The number of likely N-dealkylation sites (tertiary alicyclic amines) is 1. The van der Waals surface area contributed by atoms with Crippen LogP contribution in [0.15, 0.2) is 0 Å². The van der Waals surface area contributed by atoms with E-state index in [1.165, 1.54) is 0 Å². The smallest absolute Gasteiger partial charge is 0.220 e. The summed E-state index contributed by atoms with van der Waals surface area (Å²) in [6.45, 7) is 2.18. The number of hydrogen-bond acceptors (Lipinski definition) is 3. The first kappa shape index (κ1) is 11.3. The van der Waals surface area contributed by atoms with Crippen LogP contribution < -0.4 is 5.73 Å². The van der Waals surface area contributed by atoms with Crippen LogP contribution in [0, 0.1) is 17.2 Å². The summed E-state index contributed by atoms with van der Waals surface area (Å²) in [5, 5.41) is 8.06. The molecule has 1 unspecified atom stereocenters. The van der Waals surface area contributed by atoms with Crippen LogP contribution in [0.3, 0.4) is 0 Å². The maximum absolute atomic E-state index is 10.9. The van der Waals surface area contributed by atoms with Crippen LogP contribution in [0.2, 0.25) is 0 Å². The van der Waals surface area contributed by atoms with E-state index < -0.39 is 5.38 Å². The Hall–Kier alpha value is -0.790. The van der Waals surface area contributed by atoms with Crippen molar-refractivity contribution in [1.29, 1.82) is 5.26 Å². The fourth-order valence-electron chi connectivity index (χ4n) is 1.67. The average Bonchev–Trinajstić information content (AvgIpc) is 2.18. The number of primary amides is 1. The van der Waals surface area contributed by atoms with Crippen LogP contribution in [0.5, 0.6) is 0 Å². The summed E-state index contributed by atoms with van der Waals surface area (Å²) >= 11 is 5.70. The fraction of sp³-hybridized carbons (Fsp3) is 0.778. The molecule has 0 spiro atoms. The molecule has 0 aromatic heterocycles. The highest BCUT2D eigenvalue weighted by molar-refractivity contribution is 6.22. The number of rotatable bonds is 3. The van der Waals surface area contributed by atoms with Gasteiger partial charge < -0.3 is 10.6 Å². The number of halogens is 1. The number of carbonyl (C=O) groups excluding carboxylic acids is 1. The molecule has 0 aromatic rings. The van der Waals surface area contributed by atoms with Crippen molar-refractivity contribution in [2.24, 2.45) is 11.7 Å². The number of carbonyl (C=O) groups is 1.